The third-order valence-electron chi connectivity index (χ3n) is 6.57. The van der Waals surface area contributed by atoms with Crippen molar-refractivity contribution in [1.82, 2.24) is 20.6 Å². The lowest BCUT2D eigenvalue weighted by Gasteiger charge is -2.25. The standard InChI is InChI=1S/C29H26F3N7O3/c30-29(31,32)42-25-9-5-4-8-24(25)33-28(41)39(23-16-14-21(15-17-23)20-6-2-1-3-7-20)18-19-10-12-22(13-11-19)26(40)34-27-35-37-38-36-27/h4-6,8-17H,1-3,7,18H2,(H,33,41)(H2,34,35,36,37,38,40). The summed E-state index contributed by atoms with van der Waals surface area (Å²) in [6.45, 7) is 0.0584. The van der Waals surface area contributed by atoms with Crippen molar-refractivity contribution in [3.8, 4) is 5.75 Å². The maximum Gasteiger partial charge on any atom is 0.573 e. The molecule has 3 N–H and O–H groups in total. The van der Waals surface area contributed by atoms with E-state index in [0.717, 1.165) is 37.3 Å². The largest absolute Gasteiger partial charge is 0.573 e. The Morgan fingerprint density at radius 3 is 2.38 bits per heavy atom. The number of hydrogen-bond acceptors (Lipinski definition) is 6. The van der Waals surface area contributed by atoms with Gasteiger partial charge in [-0.15, -0.1) is 18.3 Å². The zero-order chi connectivity index (χ0) is 29.5. The minimum atomic E-state index is -4.93. The Labute approximate surface area is 238 Å². The van der Waals surface area contributed by atoms with Crippen molar-refractivity contribution in [3.05, 3.63) is 95.6 Å². The fraction of sp³-hybridized carbons (Fsp3) is 0.207. The first-order valence-electron chi connectivity index (χ1n) is 13.1. The summed E-state index contributed by atoms with van der Waals surface area (Å²) in [6, 6.07) is 18.6. The number of aromatic amines is 1. The van der Waals surface area contributed by atoms with Gasteiger partial charge in [-0.3, -0.25) is 15.0 Å². The number of rotatable bonds is 8. The van der Waals surface area contributed by atoms with Crippen LogP contribution in [0.25, 0.3) is 5.57 Å². The molecule has 5 rings (SSSR count). The molecule has 1 heterocycles. The van der Waals surface area contributed by atoms with Crippen LogP contribution in [0.3, 0.4) is 0 Å². The summed E-state index contributed by atoms with van der Waals surface area (Å²) in [5.74, 6) is -0.963. The van der Waals surface area contributed by atoms with E-state index in [9.17, 15) is 22.8 Å². The molecule has 0 bridgehead atoms. The van der Waals surface area contributed by atoms with Gasteiger partial charge in [-0.2, -0.15) is 5.21 Å². The van der Waals surface area contributed by atoms with Crippen molar-refractivity contribution in [2.75, 3.05) is 15.5 Å². The van der Waals surface area contributed by atoms with Crippen molar-refractivity contribution in [3.63, 3.8) is 0 Å². The molecule has 1 aromatic heterocycles. The second-order valence-electron chi connectivity index (χ2n) is 9.47. The van der Waals surface area contributed by atoms with Crippen molar-refractivity contribution in [2.45, 2.75) is 38.6 Å². The van der Waals surface area contributed by atoms with E-state index in [1.54, 1.807) is 36.4 Å². The Bertz CT molecular complexity index is 1550. The van der Waals surface area contributed by atoms with Crippen LogP contribution < -0.4 is 20.3 Å². The van der Waals surface area contributed by atoms with Gasteiger partial charge in [-0.05, 0) is 84.0 Å². The van der Waals surface area contributed by atoms with E-state index in [1.807, 2.05) is 12.1 Å². The highest BCUT2D eigenvalue weighted by Crippen LogP contribution is 2.32. The average molecular weight is 578 g/mol. The molecule has 1 aliphatic rings. The number of carbonyl (C=O) groups is 2. The molecular formula is C29H26F3N7O3. The number of halogens is 3. The number of alkyl halides is 3. The number of aromatic nitrogens is 4. The van der Waals surface area contributed by atoms with Crippen LogP contribution in [0.5, 0.6) is 5.75 Å². The normalized spacial score (nSPS) is 13.2. The predicted molar refractivity (Wildman–Crippen MR) is 150 cm³/mol. The number of nitrogens with one attached hydrogen (secondary N) is 3. The van der Waals surface area contributed by atoms with Gasteiger partial charge >= 0.3 is 12.4 Å². The Morgan fingerprint density at radius 1 is 0.952 bits per heavy atom. The molecule has 216 valence electrons. The smallest absolute Gasteiger partial charge is 0.404 e. The number of anilines is 3. The summed E-state index contributed by atoms with van der Waals surface area (Å²) < 4.78 is 43.0. The first-order valence-corrected chi connectivity index (χ1v) is 13.1. The number of tetrazole rings is 1. The van der Waals surface area contributed by atoms with Crippen molar-refractivity contribution in [1.29, 1.82) is 0 Å². The van der Waals surface area contributed by atoms with E-state index in [0.29, 0.717) is 16.8 Å². The zero-order valence-corrected chi connectivity index (χ0v) is 22.2. The molecular weight excluding hydrogens is 551 g/mol. The van der Waals surface area contributed by atoms with Gasteiger partial charge in [0.1, 0.15) is 0 Å². The highest BCUT2D eigenvalue weighted by atomic mass is 19.4. The molecule has 0 radical (unpaired) electrons. The molecule has 0 unspecified atom stereocenters. The lowest BCUT2D eigenvalue weighted by Crippen LogP contribution is -2.34. The topological polar surface area (TPSA) is 125 Å². The molecule has 10 nitrogen and oxygen atoms in total. The molecule has 0 spiro atoms. The number of para-hydroxylation sites is 2. The second kappa shape index (κ2) is 12.5. The SMILES string of the molecule is O=C(Nc1nn[nH]n1)c1ccc(CN(C(=O)Nc2ccccc2OC(F)(F)F)c2ccc(C3=CCCCC3)cc2)cc1. The zero-order valence-electron chi connectivity index (χ0n) is 22.2. The van der Waals surface area contributed by atoms with Gasteiger partial charge in [0, 0.05) is 11.3 Å². The number of amides is 3. The lowest BCUT2D eigenvalue weighted by molar-refractivity contribution is -0.274. The van der Waals surface area contributed by atoms with Gasteiger partial charge in [0.05, 0.1) is 12.2 Å². The summed E-state index contributed by atoms with van der Waals surface area (Å²) in [5.41, 5.74) is 3.68. The van der Waals surface area contributed by atoms with E-state index in [1.165, 1.54) is 28.7 Å². The van der Waals surface area contributed by atoms with Crippen LogP contribution in [0.15, 0.2) is 78.9 Å². The molecule has 0 aliphatic heterocycles. The molecule has 3 amide bonds. The maximum absolute atomic E-state index is 13.6. The number of carbonyl (C=O) groups excluding carboxylic acids is 2. The van der Waals surface area contributed by atoms with Gasteiger partial charge in [0.25, 0.3) is 11.9 Å². The molecule has 13 heteroatoms. The van der Waals surface area contributed by atoms with E-state index in [-0.39, 0.29) is 18.2 Å². The monoisotopic (exact) mass is 577 g/mol. The number of hydrogen-bond donors (Lipinski definition) is 3. The number of benzene rings is 3. The number of nitrogens with zero attached hydrogens (tertiary/aromatic N) is 4. The molecule has 0 fully saturated rings. The Hall–Kier alpha value is -5.20. The number of urea groups is 1. The molecule has 4 aromatic rings. The average Bonchev–Trinajstić information content (AvgIpc) is 3.50. The van der Waals surface area contributed by atoms with Gasteiger partial charge in [-0.1, -0.05) is 47.6 Å². The highest BCUT2D eigenvalue weighted by Gasteiger charge is 2.32. The van der Waals surface area contributed by atoms with Crippen LogP contribution in [-0.2, 0) is 6.54 Å². The first kappa shape index (κ1) is 28.3. The Morgan fingerprint density at radius 2 is 1.71 bits per heavy atom. The van der Waals surface area contributed by atoms with Crippen molar-refractivity contribution in [2.24, 2.45) is 0 Å². The quantitative estimate of drug-likeness (QED) is 0.218. The summed E-state index contributed by atoms with van der Waals surface area (Å²) in [4.78, 5) is 27.4. The summed E-state index contributed by atoms with van der Waals surface area (Å²) in [6.07, 6.45) is 1.57. The molecule has 42 heavy (non-hydrogen) atoms. The van der Waals surface area contributed by atoms with Gasteiger partial charge in [0.2, 0.25) is 0 Å². The van der Waals surface area contributed by atoms with Crippen LogP contribution in [-0.4, -0.2) is 38.9 Å². The van der Waals surface area contributed by atoms with Crippen LogP contribution in [0.2, 0.25) is 0 Å². The van der Waals surface area contributed by atoms with E-state index >= 15 is 0 Å². The van der Waals surface area contributed by atoms with E-state index < -0.39 is 24.1 Å². The Kier molecular flexibility index (Phi) is 8.46. The fourth-order valence-corrected chi connectivity index (χ4v) is 4.53. The minimum absolute atomic E-state index is 0.0224. The number of H-pyrrole nitrogens is 1. The van der Waals surface area contributed by atoms with Crippen LogP contribution in [0.4, 0.5) is 35.3 Å². The summed E-state index contributed by atoms with van der Waals surface area (Å²) >= 11 is 0. The second-order valence-corrected chi connectivity index (χ2v) is 9.47. The highest BCUT2D eigenvalue weighted by molar-refractivity contribution is 6.04. The van der Waals surface area contributed by atoms with E-state index in [2.05, 4.69) is 42.1 Å². The van der Waals surface area contributed by atoms with Gasteiger partial charge in [-0.25, -0.2) is 4.79 Å². The third kappa shape index (κ3) is 7.30. The van der Waals surface area contributed by atoms with Gasteiger partial charge in [0.15, 0.2) is 5.75 Å². The van der Waals surface area contributed by atoms with Crippen molar-refractivity contribution >= 4 is 34.8 Å². The van der Waals surface area contributed by atoms with E-state index in [4.69, 9.17) is 0 Å². The summed E-state index contributed by atoms with van der Waals surface area (Å²) in [5, 5.41) is 18.0. The summed E-state index contributed by atoms with van der Waals surface area (Å²) in [7, 11) is 0. The minimum Gasteiger partial charge on any atom is -0.404 e. The maximum atomic E-state index is 13.6. The lowest BCUT2D eigenvalue weighted by atomic mass is 9.93. The van der Waals surface area contributed by atoms with Gasteiger partial charge < -0.3 is 10.1 Å². The first-order chi connectivity index (χ1) is 20.2. The Balaban J connectivity index is 1.39. The van der Waals surface area contributed by atoms with Crippen LogP contribution in [0, 0.1) is 0 Å². The molecule has 3 aromatic carbocycles. The third-order valence-corrected chi connectivity index (χ3v) is 6.57. The molecule has 1 aliphatic carbocycles. The molecule has 0 atom stereocenters. The van der Waals surface area contributed by atoms with Crippen LogP contribution in [0.1, 0.15) is 47.2 Å². The molecule has 0 saturated heterocycles. The fourth-order valence-electron chi connectivity index (χ4n) is 4.53. The van der Waals surface area contributed by atoms with Crippen molar-refractivity contribution < 1.29 is 27.5 Å². The number of allylic oxidation sites excluding steroid dienone is 2. The van der Waals surface area contributed by atoms with Crippen LogP contribution >= 0.6 is 0 Å². The number of ether oxygens (including phenoxy) is 1. The molecule has 0 saturated carbocycles. The predicted octanol–water partition coefficient (Wildman–Crippen LogP) is 6.55.